The molecule has 0 aromatic heterocycles. The third-order valence-electron chi connectivity index (χ3n) is 4.01. The third kappa shape index (κ3) is 26.9. The van der Waals surface area contributed by atoms with Gasteiger partial charge in [-0.1, -0.05) is 55.4 Å². The average molecular weight is 463 g/mol. The molecule has 0 aromatic carbocycles. The van der Waals surface area contributed by atoms with Crippen LogP contribution in [0.4, 0.5) is 0 Å². The normalized spacial score (nSPS) is 12.4. The summed E-state index contributed by atoms with van der Waals surface area (Å²) in [6.45, 7) is 28.6. The van der Waals surface area contributed by atoms with E-state index >= 15 is 0 Å². The molecule has 194 valence electrons. The van der Waals surface area contributed by atoms with E-state index in [1.807, 2.05) is 41.5 Å². The van der Waals surface area contributed by atoms with Crippen molar-refractivity contribution in [3.8, 4) is 0 Å². The summed E-state index contributed by atoms with van der Waals surface area (Å²) in [6.07, 6.45) is 3.10. The van der Waals surface area contributed by atoms with Crippen LogP contribution in [0.25, 0.3) is 0 Å². The molecule has 0 bridgehead atoms. The second kappa shape index (κ2) is 14.9. The Morgan fingerprint density at radius 3 is 0.969 bits per heavy atom. The lowest BCUT2D eigenvalue weighted by molar-refractivity contribution is -0.176. The lowest BCUT2D eigenvalue weighted by Gasteiger charge is -2.28. The van der Waals surface area contributed by atoms with E-state index in [1.54, 1.807) is 0 Å². The van der Waals surface area contributed by atoms with Gasteiger partial charge in [0.1, 0.15) is 11.2 Å². The molecule has 6 nitrogen and oxygen atoms in total. The highest BCUT2D eigenvalue weighted by molar-refractivity contribution is 5.71. The molecule has 0 radical (unpaired) electrons. The van der Waals surface area contributed by atoms with Crippen LogP contribution in [0.15, 0.2) is 0 Å². The molecule has 0 aliphatic carbocycles. The van der Waals surface area contributed by atoms with E-state index in [0.29, 0.717) is 24.7 Å². The van der Waals surface area contributed by atoms with Crippen molar-refractivity contribution in [2.45, 2.75) is 134 Å². The van der Waals surface area contributed by atoms with Crippen LogP contribution in [-0.4, -0.2) is 33.7 Å². The molecule has 0 saturated heterocycles. The van der Waals surface area contributed by atoms with Crippen LogP contribution in [0.3, 0.4) is 0 Å². The number of carbonyl (C=O) groups is 2. The van der Waals surface area contributed by atoms with Crippen LogP contribution in [0.2, 0.25) is 0 Å². The zero-order valence-corrected chi connectivity index (χ0v) is 23.5. The number of carbonyl (C=O) groups excluding carboxylic acids is 2. The number of hydrogen-bond acceptors (Lipinski definition) is 6. The van der Waals surface area contributed by atoms with Gasteiger partial charge >= 0.3 is 11.9 Å². The quantitative estimate of drug-likeness (QED) is 0.219. The minimum Gasteiger partial charge on any atom is -0.460 e. The van der Waals surface area contributed by atoms with Gasteiger partial charge in [0.2, 0.25) is 0 Å². The van der Waals surface area contributed by atoms with Crippen molar-refractivity contribution in [2.24, 2.45) is 22.7 Å². The van der Waals surface area contributed by atoms with E-state index in [2.05, 4.69) is 55.4 Å². The molecular formula is C26H54O6. The Balaban J connectivity index is -0.000000487. The maximum absolute atomic E-state index is 11.6. The van der Waals surface area contributed by atoms with Crippen LogP contribution >= 0.6 is 0 Å². The molecule has 0 atom stereocenters. The van der Waals surface area contributed by atoms with Gasteiger partial charge in [0.25, 0.3) is 0 Å². The van der Waals surface area contributed by atoms with Crippen molar-refractivity contribution in [3.05, 3.63) is 0 Å². The Labute approximate surface area is 198 Å². The maximum atomic E-state index is 11.6. The average Bonchev–Trinajstić information content (AvgIpc) is 2.40. The van der Waals surface area contributed by atoms with E-state index in [4.69, 9.17) is 20.0 Å². The van der Waals surface area contributed by atoms with Gasteiger partial charge in [-0.15, -0.1) is 0 Å². The van der Waals surface area contributed by atoms with Crippen molar-refractivity contribution in [3.63, 3.8) is 0 Å². The Hall–Kier alpha value is -1.14. The van der Waals surface area contributed by atoms with Crippen molar-refractivity contribution in [1.29, 1.82) is 0 Å². The fourth-order valence-electron chi connectivity index (χ4n) is 3.89. The third-order valence-corrected chi connectivity index (χ3v) is 4.01. The fraction of sp³-hybridized carbons (Fsp3) is 0.923. The van der Waals surface area contributed by atoms with E-state index in [-0.39, 0.29) is 34.0 Å². The topological polar surface area (TPSA) is 93.1 Å². The van der Waals surface area contributed by atoms with Gasteiger partial charge in [0.05, 0.1) is 12.8 Å². The molecule has 6 heteroatoms. The van der Waals surface area contributed by atoms with Crippen LogP contribution in [0, 0.1) is 22.7 Å². The first-order valence-corrected chi connectivity index (χ1v) is 11.7. The lowest BCUT2D eigenvalue weighted by atomic mass is 9.81. The van der Waals surface area contributed by atoms with Crippen LogP contribution in [-0.2, 0) is 19.1 Å². The molecule has 0 heterocycles. The Bertz CT molecular complexity index is 471. The number of hydrogen-bond donors (Lipinski definition) is 2. The molecule has 0 saturated carbocycles. The second-order valence-electron chi connectivity index (χ2n) is 13.1. The van der Waals surface area contributed by atoms with E-state index in [9.17, 15) is 9.59 Å². The zero-order chi connectivity index (χ0) is 26.6. The molecule has 0 unspecified atom stereocenters. The number of esters is 2. The molecule has 32 heavy (non-hydrogen) atoms. The molecule has 2 N–H and O–H groups in total. The summed E-state index contributed by atoms with van der Waals surface area (Å²) in [5.74, 6) is 1.05. The highest BCUT2D eigenvalue weighted by Crippen LogP contribution is 2.31. The largest absolute Gasteiger partial charge is 0.460 e. The predicted octanol–water partition coefficient (Wildman–Crippen LogP) is 7.60. The summed E-state index contributed by atoms with van der Waals surface area (Å²) in [5, 5.41) is 12.0. The molecule has 0 aliphatic rings. The van der Waals surface area contributed by atoms with Crippen molar-refractivity contribution < 1.29 is 29.6 Å². The molecule has 0 aliphatic heterocycles. The SMILES string of the molecule is CC(C)CC(C)(C)CC(=O)OC(C)(C)C.CC(C)CC(C)(C)CC(=O)OC(C)(C)C.OO. The number of ether oxygens (including phenoxy) is 2. The van der Waals surface area contributed by atoms with Gasteiger partial charge < -0.3 is 9.47 Å². The minimum absolute atomic E-state index is 0.0382. The van der Waals surface area contributed by atoms with Gasteiger partial charge in [-0.05, 0) is 77.0 Å². The van der Waals surface area contributed by atoms with Crippen LogP contribution in [0.1, 0.15) is 123 Å². The maximum Gasteiger partial charge on any atom is 0.306 e. The van der Waals surface area contributed by atoms with Crippen molar-refractivity contribution in [1.82, 2.24) is 0 Å². The monoisotopic (exact) mass is 462 g/mol. The van der Waals surface area contributed by atoms with Crippen LogP contribution < -0.4 is 0 Å². The van der Waals surface area contributed by atoms with Crippen LogP contribution in [0.5, 0.6) is 0 Å². The second-order valence-corrected chi connectivity index (χ2v) is 13.1. The predicted molar refractivity (Wildman–Crippen MR) is 133 cm³/mol. The zero-order valence-electron chi connectivity index (χ0n) is 23.5. The van der Waals surface area contributed by atoms with Gasteiger partial charge in [-0.2, -0.15) is 0 Å². The van der Waals surface area contributed by atoms with Gasteiger partial charge in [-0.3, -0.25) is 20.1 Å². The highest BCUT2D eigenvalue weighted by atomic mass is 17.0. The van der Waals surface area contributed by atoms with Gasteiger partial charge in [-0.25, -0.2) is 0 Å². The first-order chi connectivity index (χ1) is 14.0. The summed E-state index contributed by atoms with van der Waals surface area (Å²) < 4.78 is 10.6. The summed E-state index contributed by atoms with van der Waals surface area (Å²) >= 11 is 0. The molecule has 0 fully saturated rings. The fourth-order valence-corrected chi connectivity index (χ4v) is 3.89. The molecule has 0 amide bonds. The molecular weight excluding hydrogens is 408 g/mol. The van der Waals surface area contributed by atoms with E-state index < -0.39 is 0 Å². The molecule has 0 rings (SSSR count). The summed E-state index contributed by atoms with van der Waals surface area (Å²) in [6, 6.07) is 0. The standard InChI is InChI=1S/2C13H26O2.H2O2/c2*1-10(2)8-13(6,7)9-11(14)15-12(3,4)5;1-2/h2*10H,8-9H2,1-7H3;1-2H. The molecule has 0 aromatic rings. The highest BCUT2D eigenvalue weighted by Gasteiger charge is 2.27. The van der Waals surface area contributed by atoms with E-state index in [0.717, 1.165) is 12.8 Å². The minimum atomic E-state index is -0.370. The molecule has 0 spiro atoms. The summed E-state index contributed by atoms with van der Waals surface area (Å²) in [5.41, 5.74) is -0.664. The lowest BCUT2D eigenvalue weighted by Crippen LogP contribution is -2.28. The smallest absolute Gasteiger partial charge is 0.306 e. The first kappa shape index (κ1) is 35.4. The van der Waals surface area contributed by atoms with Crippen molar-refractivity contribution >= 4 is 11.9 Å². The van der Waals surface area contributed by atoms with Crippen molar-refractivity contribution in [2.75, 3.05) is 0 Å². The van der Waals surface area contributed by atoms with Gasteiger partial charge in [0.15, 0.2) is 0 Å². The summed E-state index contributed by atoms with van der Waals surface area (Å²) in [7, 11) is 0. The summed E-state index contributed by atoms with van der Waals surface area (Å²) in [4.78, 5) is 23.3. The van der Waals surface area contributed by atoms with Gasteiger partial charge in [0, 0.05) is 0 Å². The Kier molecular flexibility index (Phi) is 16.5. The number of rotatable bonds is 8. The Morgan fingerprint density at radius 2 is 0.812 bits per heavy atom. The van der Waals surface area contributed by atoms with E-state index in [1.165, 1.54) is 0 Å². The first-order valence-electron chi connectivity index (χ1n) is 11.7. The Morgan fingerprint density at radius 1 is 0.594 bits per heavy atom.